The Labute approximate surface area is 142 Å². The predicted molar refractivity (Wildman–Crippen MR) is 85.7 cm³/mol. The van der Waals surface area contributed by atoms with Crippen LogP contribution < -0.4 is 5.32 Å². The summed E-state index contributed by atoms with van der Waals surface area (Å²) in [5.74, 6) is -0.136. The largest absolute Gasteiger partial charge is 0.415 e. The van der Waals surface area contributed by atoms with Crippen molar-refractivity contribution in [2.24, 2.45) is 5.92 Å². The smallest absolute Gasteiger partial charge is 0.314 e. The average molecular weight is 346 g/mol. The summed E-state index contributed by atoms with van der Waals surface area (Å²) in [6.07, 6.45) is 1.79. The molecular formula is C16H16F2N6O. The van der Waals surface area contributed by atoms with Crippen molar-refractivity contribution >= 4 is 5.95 Å². The first-order valence-electron chi connectivity index (χ1n) is 7.66. The topological polar surface area (TPSA) is 89.6 Å². The molecule has 7 nitrogen and oxygen atoms in total. The number of alkyl halides is 2. The van der Waals surface area contributed by atoms with E-state index in [1.165, 1.54) is 12.4 Å². The maximum Gasteiger partial charge on any atom is 0.314 e. The van der Waals surface area contributed by atoms with Crippen LogP contribution in [0.2, 0.25) is 0 Å². The summed E-state index contributed by atoms with van der Waals surface area (Å²) < 4.78 is 29.9. The first kappa shape index (κ1) is 16.9. The summed E-state index contributed by atoms with van der Waals surface area (Å²) in [5.41, 5.74) is 1.24. The van der Waals surface area contributed by atoms with Crippen LogP contribution >= 0.6 is 0 Å². The van der Waals surface area contributed by atoms with Crippen molar-refractivity contribution in [3.63, 3.8) is 0 Å². The van der Waals surface area contributed by atoms with Crippen LogP contribution in [0.4, 0.5) is 14.7 Å². The van der Waals surface area contributed by atoms with Crippen molar-refractivity contribution < 1.29 is 13.2 Å². The first-order valence-corrected chi connectivity index (χ1v) is 7.66. The van der Waals surface area contributed by atoms with Crippen LogP contribution in [0.3, 0.4) is 0 Å². The van der Waals surface area contributed by atoms with Gasteiger partial charge < -0.3 is 9.73 Å². The van der Waals surface area contributed by atoms with Gasteiger partial charge in [0.15, 0.2) is 0 Å². The van der Waals surface area contributed by atoms with Gasteiger partial charge in [-0.05, 0) is 18.1 Å². The van der Waals surface area contributed by atoms with E-state index in [9.17, 15) is 8.78 Å². The van der Waals surface area contributed by atoms with Gasteiger partial charge in [0, 0.05) is 18.6 Å². The summed E-state index contributed by atoms with van der Waals surface area (Å²) in [5, 5.41) is 10.1. The van der Waals surface area contributed by atoms with Crippen LogP contribution in [0.15, 0.2) is 41.2 Å². The van der Waals surface area contributed by atoms with E-state index in [1.54, 1.807) is 6.20 Å². The Bertz CT molecular complexity index is 807. The van der Waals surface area contributed by atoms with E-state index in [0.29, 0.717) is 11.5 Å². The molecule has 0 saturated carbocycles. The van der Waals surface area contributed by atoms with Crippen molar-refractivity contribution in [1.82, 2.24) is 25.1 Å². The highest BCUT2D eigenvalue weighted by atomic mass is 19.3. The third kappa shape index (κ3) is 3.93. The minimum absolute atomic E-state index is 0.0491. The third-order valence-corrected chi connectivity index (χ3v) is 3.48. The molecule has 25 heavy (non-hydrogen) atoms. The zero-order valence-corrected chi connectivity index (χ0v) is 13.6. The molecule has 0 spiro atoms. The molecule has 1 unspecified atom stereocenters. The summed E-state index contributed by atoms with van der Waals surface area (Å²) in [6.45, 7) is 4.12. The number of hydrogen-bond acceptors (Lipinski definition) is 7. The Balaban J connectivity index is 1.77. The summed E-state index contributed by atoms with van der Waals surface area (Å²) in [4.78, 5) is 12.7. The van der Waals surface area contributed by atoms with Gasteiger partial charge in [0.25, 0.3) is 11.8 Å². The lowest BCUT2D eigenvalue weighted by Gasteiger charge is -2.21. The maximum absolute atomic E-state index is 12.5. The Kier molecular flexibility index (Phi) is 4.92. The van der Waals surface area contributed by atoms with Gasteiger partial charge in [0.05, 0.1) is 17.3 Å². The van der Waals surface area contributed by atoms with E-state index in [2.05, 4.69) is 44.3 Å². The van der Waals surface area contributed by atoms with Crippen LogP contribution in [0, 0.1) is 5.92 Å². The Morgan fingerprint density at radius 2 is 1.80 bits per heavy atom. The second kappa shape index (κ2) is 7.29. The standard InChI is InChI=1S/C16H16F2N6O/c1-9(2)12(11-5-3-4-6-19-11)22-16-20-7-10(8-21-16)14-23-24-15(25-14)13(17)18/h3-9,12-13H,1-2H3,(H,20,21,22). The molecule has 1 atom stereocenters. The quantitative estimate of drug-likeness (QED) is 0.728. The number of nitrogens with zero attached hydrogens (tertiary/aromatic N) is 5. The lowest BCUT2D eigenvalue weighted by Crippen LogP contribution is -2.19. The van der Waals surface area contributed by atoms with Crippen LogP contribution in [-0.4, -0.2) is 25.1 Å². The van der Waals surface area contributed by atoms with E-state index < -0.39 is 12.3 Å². The highest BCUT2D eigenvalue weighted by Crippen LogP contribution is 2.25. The zero-order valence-electron chi connectivity index (χ0n) is 13.6. The number of nitrogens with one attached hydrogen (secondary N) is 1. The fourth-order valence-corrected chi connectivity index (χ4v) is 2.23. The molecule has 3 aromatic heterocycles. The normalized spacial score (nSPS) is 12.6. The van der Waals surface area contributed by atoms with Crippen LogP contribution in [0.25, 0.3) is 11.5 Å². The van der Waals surface area contributed by atoms with Crippen LogP contribution in [0.5, 0.6) is 0 Å². The van der Waals surface area contributed by atoms with Crippen molar-refractivity contribution in [1.29, 1.82) is 0 Å². The molecule has 1 N–H and O–H groups in total. The molecule has 0 aliphatic rings. The lowest BCUT2D eigenvalue weighted by molar-refractivity contribution is 0.116. The molecule has 3 heterocycles. The van der Waals surface area contributed by atoms with Crippen molar-refractivity contribution in [3.05, 3.63) is 48.4 Å². The minimum atomic E-state index is -2.81. The highest BCUT2D eigenvalue weighted by molar-refractivity contribution is 5.50. The highest BCUT2D eigenvalue weighted by Gasteiger charge is 2.19. The molecule has 0 amide bonds. The molecule has 9 heteroatoms. The first-order chi connectivity index (χ1) is 12.0. The molecule has 0 aliphatic carbocycles. The third-order valence-electron chi connectivity index (χ3n) is 3.48. The van der Waals surface area contributed by atoms with Crippen molar-refractivity contribution in [3.8, 4) is 11.5 Å². The maximum atomic E-state index is 12.5. The lowest BCUT2D eigenvalue weighted by atomic mass is 10.0. The van der Waals surface area contributed by atoms with E-state index in [1.807, 2.05) is 18.2 Å². The zero-order chi connectivity index (χ0) is 17.8. The van der Waals surface area contributed by atoms with Gasteiger partial charge in [-0.1, -0.05) is 19.9 Å². The van der Waals surface area contributed by atoms with Gasteiger partial charge in [-0.25, -0.2) is 9.97 Å². The molecule has 0 saturated heterocycles. The van der Waals surface area contributed by atoms with Gasteiger partial charge in [0.2, 0.25) is 5.95 Å². The number of aromatic nitrogens is 5. The molecule has 0 aromatic carbocycles. The monoisotopic (exact) mass is 346 g/mol. The number of anilines is 1. The SMILES string of the molecule is CC(C)C(Nc1ncc(-c2nnc(C(F)F)o2)cn1)c1ccccn1. The van der Waals surface area contributed by atoms with E-state index in [4.69, 9.17) is 4.42 Å². The molecule has 0 aliphatic heterocycles. The fraction of sp³-hybridized carbons (Fsp3) is 0.312. The van der Waals surface area contributed by atoms with Gasteiger partial charge in [-0.3, -0.25) is 4.98 Å². The van der Waals surface area contributed by atoms with Crippen LogP contribution in [0.1, 0.15) is 37.9 Å². The van der Waals surface area contributed by atoms with Crippen molar-refractivity contribution in [2.45, 2.75) is 26.3 Å². The van der Waals surface area contributed by atoms with E-state index in [-0.39, 0.29) is 17.9 Å². The molecule has 3 aromatic rings. The molecule has 0 fully saturated rings. The summed E-state index contributed by atoms with van der Waals surface area (Å²) in [7, 11) is 0. The number of rotatable bonds is 6. The van der Waals surface area contributed by atoms with Crippen molar-refractivity contribution in [2.75, 3.05) is 5.32 Å². The number of pyridine rings is 1. The number of hydrogen-bond donors (Lipinski definition) is 1. The Morgan fingerprint density at radius 1 is 1.04 bits per heavy atom. The molecule has 0 bridgehead atoms. The Hall–Kier alpha value is -2.97. The number of halogens is 2. The predicted octanol–water partition coefficient (Wildman–Crippen LogP) is 3.67. The van der Waals surface area contributed by atoms with Gasteiger partial charge in [-0.15, -0.1) is 10.2 Å². The fourth-order valence-electron chi connectivity index (χ4n) is 2.23. The van der Waals surface area contributed by atoms with Crippen LogP contribution in [-0.2, 0) is 0 Å². The second-order valence-electron chi connectivity index (χ2n) is 5.66. The summed E-state index contributed by atoms with van der Waals surface area (Å²) >= 11 is 0. The molecule has 130 valence electrons. The van der Waals surface area contributed by atoms with Gasteiger partial charge in [0.1, 0.15) is 0 Å². The molecular weight excluding hydrogens is 330 g/mol. The Morgan fingerprint density at radius 3 is 2.36 bits per heavy atom. The van der Waals surface area contributed by atoms with E-state index >= 15 is 0 Å². The van der Waals surface area contributed by atoms with Gasteiger partial charge >= 0.3 is 6.43 Å². The average Bonchev–Trinajstić information content (AvgIpc) is 3.11. The van der Waals surface area contributed by atoms with E-state index in [0.717, 1.165) is 5.69 Å². The molecule has 0 radical (unpaired) electrons. The molecule has 3 rings (SSSR count). The minimum Gasteiger partial charge on any atom is -0.415 e. The summed E-state index contributed by atoms with van der Waals surface area (Å²) in [6, 6.07) is 5.63. The van der Waals surface area contributed by atoms with Gasteiger partial charge in [-0.2, -0.15) is 8.78 Å². The second-order valence-corrected chi connectivity index (χ2v) is 5.66.